The largest absolute Gasteiger partial charge is 0.325 e. The molecule has 142 valence electrons. The molecule has 5 nitrogen and oxygen atoms in total. The molecule has 2 aromatic rings. The van der Waals surface area contributed by atoms with Gasteiger partial charge < -0.3 is 10.6 Å². The summed E-state index contributed by atoms with van der Waals surface area (Å²) >= 11 is 6.97. The van der Waals surface area contributed by atoms with Gasteiger partial charge in [0.05, 0.1) is 22.4 Å². The lowest BCUT2D eigenvalue weighted by Gasteiger charge is -2.25. The van der Waals surface area contributed by atoms with Crippen molar-refractivity contribution in [3.63, 3.8) is 0 Å². The van der Waals surface area contributed by atoms with E-state index in [4.69, 9.17) is 11.6 Å². The minimum absolute atomic E-state index is 0.00342. The summed E-state index contributed by atoms with van der Waals surface area (Å²) in [7, 11) is 0. The van der Waals surface area contributed by atoms with Crippen LogP contribution >= 0.6 is 23.4 Å². The Morgan fingerprint density at radius 3 is 2.75 bits per heavy atom. The fourth-order valence-electron chi connectivity index (χ4n) is 2.81. The van der Waals surface area contributed by atoms with E-state index in [-0.39, 0.29) is 24.0 Å². The average molecular weight is 416 g/mol. The van der Waals surface area contributed by atoms with Gasteiger partial charge in [-0.2, -0.15) is 5.26 Å². The maximum atomic E-state index is 13.2. The molecule has 0 spiro atoms. The number of halogens is 2. The second kappa shape index (κ2) is 8.91. The van der Waals surface area contributed by atoms with Crippen LogP contribution in [-0.2, 0) is 9.59 Å². The van der Waals surface area contributed by atoms with E-state index >= 15 is 0 Å². The Morgan fingerprint density at radius 1 is 1.32 bits per heavy atom. The number of allylic oxidation sites excluding steroid dienone is 1. The van der Waals surface area contributed by atoms with Crippen molar-refractivity contribution < 1.29 is 14.0 Å². The van der Waals surface area contributed by atoms with Gasteiger partial charge in [-0.3, -0.25) is 9.59 Å². The van der Waals surface area contributed by atoms with Crippen molar-refractivity contribution >= 4 is 40.9 Å². The van der Waals surface area contributed by atoms with Gasteiger partial charge in [0.2, 0.25) is 11.8 Å². The molecule has 1 unspecified atom stereocenters. The highest BCUT2D eigenvalue weighted by Crippen LogP contribution is 2.36. The molecule has 2 N–H and O–H groups in total. The van der Waals surface area contributed by atoms with E-state index < -0.39 is 11.7 Å². The van der Waals surface area contributed by atoms with Crippen LogP contribution in [0.5, 0.6) is 0 Å². The Hall–Kier alpha value is -2.82. The predicted octanol–water partition coefficient (Wildman–Crippen LogP) is 4.19. The summed E-state index contributed by atoms with van der Waals surface area (Å²) < 4.78 is 13.2. The second-order valence-corrected chi connectivity index (χ2v) is 7.48. The van der Waals surface area contributed by atoms with Gasteiger partial charge in [-0.15, -0.1) is 0 Å². The molecule has 0 saturated heterocycles. The van der Waals surface area contributed by atoms with E-state index in [1.807, 2.05) is 0 Å². The van der Waals surface area contributed by atoms with Crippen molar-refractivity contribution in [1.82, 2.24) is 5.32 Å². The molecule has 0 fully saturated rings. The first kappa shape index (κ1) is 19.9. The highest BCUT2D eigenvalue weighted by atomic mass is 35.5. The average Bonchev–Trinajstić information content (AvgIpc) is 2.66. The number of amides is 2. The Labute approximate surface area is 170 Å². The first-order chi connectivity index (χ1) is 13.5. The van der Waals surface area contributed by atoms with Gasteiger partial charge >= 0.3 is 0 Å². The smallest absolute Gasteiger partial charge is 0.234 e. The fraction of sp³-hybridized carbons (Fsp3) is 0.150. The molecule has 0 saturated carbocycles. The predicted molar refractivity (Wildman–Crippen MR) is 107 cm³/mol. The summed E-state index contributed by atoms with van der Waals surface area (Å²) in [5.74, 6) is -1.42. The number of nitrogens with zero attached hydrogens (tertiary/aromatic N) is 1. The van der Waals surface area contributed by atoms with Gasteiger partial charge in [-0.05, 0) is 35.9 Å². The van der Waals surface area contributed by atoms with Gasteiger partial charge in [0, 0.05) is 23.0 Å². The first-order valence-electron chi connectivity index (χ1n) is 8.34. The van der Waals surface area contributed by atoms with Crippen LogP contribution in [0.3, 0.4) is 0 Å². The van der Waals surface area contributed by atoms with Crippen molar-refractivity contribution in [2.45, 2.75) is 12.3 Å². The van der Waals surface area contributed by atoms with E-state index in [0.29, 0.717) is 26.9 Å². The number of hydrogen-bond donors (Lipinski definition) is 2. The van der Waals surface area contributed by atoms with Gasteiger partial charge in [0.1, 0.15) is 5.82 Å². The van der Waals surface area contributed by atoms with E-state index in [2.05, 4.69) is 16.7 Å². The highest BCUT2D eigenvalue weighted by molar-refractivity contribution is 8.03. The van der Waals surface area contributed by atoms with Crippen molar-refractivity contribution in [3.8, 4) is 6.07 Å². The summed E-state index contributed by atoms with van der Waals surface area (Å²) in [6.45, 7) is 0. The Bertz CT molecular complexity index is 986. The van der Waals surface area contributed by atoms with E-state index in [1.54, 1.807) is 36.4 Å². The van der Waals surface area contributed by atoms with Crippen LogP contribution in [0.15, 0.2) is 59.1 Å². The van der Waals surface area contributed by atoms with Crippen LogP contribution in [0.2, 0.25) is 5.02 Å². The number of carbonyl (C=O) groups excluding carboxylic acids is 2. The summed E-state index contributed by atoms with van der Waals surface area (Å²) in [6, 6.07) is 14.6. The highest BCUT2D eigenvalue weighted by Gasteiger charge is 2.29. The normalized spacial score (nSPS) is 16.3. The minimum atomic E-state index is -0.474. The van der Waals surface area contributed by atoms with Crippen LogP contribution in [0.4, 0.5) is 10.1 Å². The molecule has 28 heavy (non-hydrogen) atoms. The van der Waals surface area contributed by atoms with Gasteiger partial charge in [-0.1, -0.05) is 41.6 Å². The van der Waals surface area contributed by atoms with Crippen LogP contribution in [0.1, 0.15) is 17.9 Å². The molecule has 0 radical (unpaired) electrons. The molecule has 0 aliphatic carbocycles. The lowest BCUT2D eigenvalue weighted by molar-refractivity contribution is -0.121. The van der Waals surface area contributed by atoms with Crippen molar-refractivity contribution in [2.24, 2.45) is 0 Å². The van der Waals surface area contributed by atoms with Crippen molar-refractivity contribution in [1.29, 1.82) is 5.26 Å². The van der Waals surface area contributed by atoms with Gasteiger partial charge in [-0.25, -0.2) is 4.39 Å². The summed E-state index contributed by atoms with van der Waals surface area (Å²) in [5, 5.41) is 15.8. The van der Waals surface area contributed by atoms with Crippen molar-refractivity contribution in [3.05, 3.63) is 75.5 Å². The Balaban J connectivity index is 1.74. The molecule has 1 aliphatic heterocycles. The molecule has 1 atom stereocenters. The molecule has 0 aromatic heterocycles. The number of carbonyl (C=O) groups is 2. The number of hydrogen-bond acceptors (Lipinski definition) is 4. The monoisotopic (exact) mass is 415 g/mol. The summed E-state index contributed by atoms with van der Waals surface area (Å²) in [4.78, 5) is 24.3. The molecular formula is C20H15ClFN3O2S. The Morgan fingerprint density at radius 2 is 2.07 bits per heavy atom. The molecule has 0 bridgehead atoms. The molecule has 8 heteroatoms. The lowest BCUT2D eigenvalue weighted by atomic mass is 9.87. The number of rotatable bonds is 5. The standard InChI is InChI=1S/C20H15ClFN3O2S/c21-13-2-1-3-15(8-13)24-19(27)11-28-20-17(10-23)16(9-18(26)25-20)12-4-6-14(22)7-5-12/h1-8,16H,9,11H2,(H,24,27)(H,25,26). The fourth-order valence-corrected chi connectivity index (χ4v) is 3.88. The van der Waals surface area contributed by atoms with Crippen LogP contribution in [0, 0.1) is 17.1 Å². The zero-order valence-corrected chi connectivity index (χ0v) is 16.1. The molecule has 2 amide bonds. The number of nitriles is 1. The molecule has 2 aromatic carbocycles. The number of benzene rings is 2. The van der Waals surface area contributed by atoms with Gasteiger partial charge in [0.25, 0.3) is 0 Å². The maximum absolute atomic E-state index is 13.2. The van der Waals surface area contributed by atoms with Gasteiger partial charge in [0.15, 0.2) is 0 Å². The van der Waals surface area contributed by atoms with Crippen LogP contribution in [0.25, 0.3) is 0 Å². The molecule has 3 rings (SSSR count). The summed E-state index contributed by atoms with van der Waals surface area (Å²) in [5.41, 5.74) is 1.59. The maximum Gasteiger partial charge on any atom is 0.234 e. The van der Waals surface area contributed by atoms with Crippen LogP contribution < -0.4 is 10.6 Å². The first-order valence-corrected chi connectivity index (χ1v) is 9.70. The summed E-state index contributed by atoms with van der Waals surface area (Å²) in [6.07, 6.45) is 0.0906. The van der Waals surface area contributed by atoms with Crippen LogP contribution in [-0.4, -0.2) is 17.6 Å². The minimum Gasteiger partial charge on any atom is -0.325 e. The third-order valence-electron chi connectivity index (χ3n) is 4.08. The lowest BCUT2D eigenvalue weighted by Crippen LogP contribution is -2.31. The van der Waals surface area contributed by atoms with Crippen molar-refractivity contribution in [2.75, 3.05) is 11.1 Å². The molecular weight excluding hydrogens is 401 g/mol. The quantitative estimate of drug-likeness (QED) is 0.767. The number of anilines is 1. The Kier molecular flexibility index (Phi) is 6.34. The molecule has 1 heterocycles. The third-order valence-corrected chi connectivity index (χ3v) is 5.34. The van der Waals surface area contributed by atoms with E-state index in [9.17, 15) is 19.2 Å². The van der Waals surface area contributed by atoms with E-state index in [1.165, 1.54) is 12.1 Å². The second-order valence-electron chi connectivity index (χ2n) is 6.06. The topological polar surface area (TPSA) is 82.0 Å². The third kappa shape index (κ3) is 4.91. The van der Waals surface area contributed by atoms with E-state index in [0.717, 1.165) is 11.8 Å². The number of thioether (sulfide) groups is 1. The number of nitrogens with one attached hydrogen (secondary N) is 2. The zero-order chi connectivity index (χ0) is 20.1. The zero-order valence-electron chi connectivity index (χ0n) is 14.5. The SMILES string of the molecule is N#CC1=C(SCC(=O)Nc2cccc(Cl)c2)NC(=O)CC1c1ccc(F)cc1. The molecule has 1 aliphatic rings.